The summed E-state index contributed by atoms with van der Waals surface area (Å²) < 4.78 is 11.2. The highest BCUT2D eigenvalue weighted by molar-refractivity contribution is 5.82. The van der Waals surface area contributed by atoms with E-state index in [-0.39, 0.29) is 12.0 Å². The molecule has 3 rings (SSSR count). The second-order valence-electron chi connectivity index (χ2n) is 8.32. The molecule has 0 fully saturated rings. The van der Waals surface area contributed by atoms with Crippen molar-refractivity contribution >= 4 is 11.5 Å². The van der Waals surface area contributed by atoms with Crippen LogP contribution in [0.1, 0.15) is 32.3 Å². The first-order valence-corrected chi connectivity index (χ1v) is 10.9. The Hall–Kier alpha value is -2.53. The van der Waals surface area contributed by atoms with E-state index in [9.17, 15) is 4.79 Å². The summed E-state index contributed by atoms with van der Waals surface area (Å²) in [5.41, 5.74) is 2.50. The molecular formula is C25H34N2O3. The van der Waals surface area contributed by atoms with Gasteiger partial charge in [-0.1, -0.05) is 44.2 Å². The van der Waals surface area contributed by atoms with E-state index in [4.69, 9.17) is 9.47 Å². The minimum Gasteiger partial charge on any atom is -0.493 e. The summed E-state index contributed by atoms with van der Waals surface area (Å²) in [6.07, 6.45) is 2.60. The van der Waals surface area contributed by atoms with Gasteiger partial charge in [0, 0.05) is 31.2 Å². The molecule has 0 bridgehead atoms. The molecule has 1 aliphatic rings. The number of hydrogen-bond acceptors (Lipinski definition) is 5. The van der Waals surface area contributed by atoms with Crippen molar-refractivity contribution in [3.05, 3.63) is 54.1 Å². The third-order valence-corrected chi connectivity index (χ3v) is 5.56. The predicted octanol–water partition coefficient (Wildman–Crippen LogP) is 4.32. The van der Waals surface area contributed by atoms with Crippen molar-refractivity contribution in [2.45, 2.75) is 39.2 Å². The first-order chi connectivity index (χ1) is 14.6. The van der Waals surface area contributed by atoms with Gasteiger partial charge in [0.2, 0.25) is 0 Å². The Morgan fingerprint density at radius 2 is 1.87 bits per heavy atom. The first kappa shape index (κ1) is 22.2. The van der Waals surface area contributed by atoms with Crippen LogP contribution >= 0.6 is 0 Å². The van der Waals surface area contributed by atoms with Crippen molar-refractivity contribution in [1.29, 1.82) is 0 Å². The molecule has 2 aromatic rings. The molecule has 0 saturated carbocycles. The number of methoxy groups -OCH3 is 1. The minimum absolute atomic E-state index is 0.0491. The van der Waals surface area contributed by atoms with Crippen molar-refractivity contribution in [2.24, 2.45) is 11.8 Å². The highest BCUT2D eigenvalue weighted by Gasteiger charge is 2.30. The number of carbonyl (C=O) groups is 1. The van der Waals surface area contributed by atoms with Gasteiger partial charge in [-0.2, -0.15) is 0 Å². The lowest BCUT2D eigenvalue weighted by atomic mass is 9.84. The van der Waals surface area contributed by atoms with Gasteiger partial charge >= 0.3 is 0 Å². The number of fused-ring (bicyclic) bond motifs is 1. The Morgan fingerprint density at radius 3 is 2.63 bits per heavy atom. The third-order valence-electron chi connectivity index (χ3n) is 5.56. The maximum absolute atomic E-state index is 13.0. The molecule has 5 nitrogen and oxygen atoms in total. The van der Waals surface area contributed by atoms with E-state index in [1.54, 1.807) is 7.11 Å². The van der Waals surface area contributed by atoms with E-state index < -0.39 is 0 Å². The van der Waals surface area contributed by atoms with Crippen LogP contribution in [0, 0.1) is 11.8 Å². The zero-order chi connectivity index (χ0) is 21.3. The Bertz CT molecular complexity index is 822. The monoisotopic (exact) mass is 410 g/mol. The Morgan fingerprint density at radius 1 is 1.13 bits per heavy atom. The molecule has 2 aromatic carbocycles. The average Bonchev–Trinajstić information content (AvgIpc) is 2.75. The molecule has 2 atom stereocenters. The quantitative estimate of drug-likeness (QED) is 0.540. The lowest BCUT2D eigenvalue weighted by Crippen LogP contribution is -2.44. The SMILES string of the molecule is COc1ccccc1OCCNCC(C(=O)CC(C)C)C1CCc2ccccc2N1. The van der Waals surface area contributed by atoms with Crippen molar-refractivity contribution < 1.29 is 14.3 Å². The summed E-state index contributed by atoms with van der Waals surface area (Å²) in [5.74, 6) is 2.11. The third kappa shape index (κ3) is 5.99. The molecule has 2 unspecified atom stereocenters. The van der Waals surface area contributed by atoms with Crippen LogP contribution in [0.3, 0.4) is 0 Å². The predicted molar refractivity (Wildman–Crippen MR) is 121 cm³/mol. The molecule has 0 saturated heterocycles. The first-order valence-electron chi connectivity index (χ1n) is 10.9. The Labute approximate surface area is 180 Å². The number of carbonyl (C=O) groups excluding carboxylic acids is 1. The number of anilines is 1. The number of ether oxygens (including phenoxy) is 2. The van der Waals surface area contributed by atoms with E-state index in [2.05, 4.69) is 42.7 Å². The number of para-hydroxylation sites is 3. The van der Waals surface area contributed by atoms with Crippen LogP contribution in [-0.2, 0) is 11.2 Å². The summed E-state index contributed by atoms with van der Waals surface area (Å²) in [6, 6.07) is 16.2. The standard InChI is InChI=1S/C25H34N2O3/c1-18(2)16-23(28)20(22-13-12-19-8-4-5-9-21(19)27-22)17-26-14-15-30-25-11-7-6-10-24(25)29-3/h4-11,18,20,22,26-27H,12-17H2,1-3H3. The highest BCUT2D eigenvalue weighted by atomic mass is 16.5. The molecule has 5 heteroatoms. The number of rotatable bonds is 11. The zero-order valence-corrected chi connectivity index (χ0v) is 18.3. The van der Waals surface area contributed by atoms with Crippen LogP contribution in [-0.4, -0.2) is 38.6 Å². The van der Waals surface area contributed by atoms with Gasteiger partial charge < -0.3 is 20.1 Å². The normalized spacial score (nSPS) is 16.5. The number of Topliss-reactive ketones (excluding diaryl/α,β-unsaturated/α-hetero) is 1. The van der Waals surface area contributed by atoms with Crippen LogP contribution in [0.25, 0.3) is 0 Å². The summed E-state index contributed by atoms with van der Waals surface area (Å²) >= 11 is 0. The molecule has 162 valence electrons. The zero-order valence-electron chi connectivity index (χ0n) is 18.3. The van der Waals surface area contributed by atoms with Gasteiger partial charge in [0.15, 0.2) is 11.5 Å². The molecule has 2 N–H and O–H groups in total. The number of nitrogens with one attached hydrogen (secondary N) is 2. The molecule has 1 heterocycles. The van der Waals surface area contributed by atoms with Crippen LogP contribution < -0.4 is 20.1 Å². The Kier molecular flexibility index (Phi) is 8.14. The summed E-state index contributed by atoms with van der Waals surface area (Å²) in [7, 11) is 1.64. The largest absolute Gasteiger partial charge is 0.493 e. The van der Waals surface area contributed by atoms with Crippen molar-refractivity contribution in [1.82, 2.24) is 5.32 Å². The second kappa shape index (κ2) is 11.0. The number of aryl methyl sites for hydroxylation is 1. The van der Waals surface area contributed by atoms with E-state index in [1.165, 1.54) is 5.56 Å². The number of benzene rings is 2. The van der Waals surface area contributed by atoms with Crippen LogP contribution in [0.4, 0.5) is 5.69 Å². The topological polar surface area (TPSA) is 59.6 Å². The maximum atomic E-state index is 13.0. The Balaban J connectivity index is 1.55. The lowest BCUT2D eigenvalue weighted by Gasteiger charge is -2.33. The van der Waals surface area contributed by atoms with E-state index in [0.29, 0.717) is 37.8 Å². The van der Waals surface area contributed by atoms with Gasteiger partial charge in [-0.05, 0) is 42.5 Å². The lowest BCUT2D eigenvalue weighted by molar-refractivity contribution is -0.124. The maximum Gasteiger partial charge on any atom is 0.161 e. The summed E-state index contributed by atoms with van der Waals surface area (Å²) in [6.45, 7) is 6.06. The molecule has 0 amide bonds. The molecule has 0 aromatic heterocycles. The van der Waals surface area contributed by atoms with Crippen LogP contribution in [0.2, 0.25) is 0 Å². The van der Waals surface area contributed by atoms with Gasteiger partial charge in [-0.3, -0.25) is 4.79 Å². The van der Waals surface area contributed by atoms with Gasteiger partial charge in [0.05, 0.1) is 13.0 Å². The fourth-order valence-corrected chi connectivity index (χ4v) is 4.03. The van der Waals surface area contributed by atoms with E-state index >= 15 is 0 Å². The minimum atomic E-state index is -0.0491. The van der Waals surface area contributed by atoms with Gasteiger partial charge in [-0.25, -0.2) is 0 Å². The van der Waals surface area contributed by atoms with Gasteiger partial charge in [-0.15, -0.1) is 0 Å². The van der Waals surface area contributed by atoms with Gasteiger partial charge in [0.1, 0.15) is 12.4 Å². The number of ketones is 1. The van der Waals surface area contributed by atoms with Crippen LogP contribution in [0.15, 0.2) is 48.5 Å². The fraction of sp³-hybridized carbons (Fsp3) is 0.480. The van der Waals surface area contributed by atoms with Crippen LogP contribution in [0.5, 0.6) is 11.5 Å². The van der Waals surface area contributed by atoms with Crippen molar-refractivity contribution in [3.63, 3.8) is 0 Å². The molecule has 30 heavy (non-hydrogen) atoms. The molecular weight excluding hydrogens is 376 g/mol. The fourth-order valence-electron chi connectivity index (χ4n) is 4.03. The smallest absolute Gasteiger partial charge is 0.161 e. The van der Waals surface area contributed by atoms with Crippen molar-refractivity contribution in [3.8, 4) is 11.5 Å². The molecule has 1 aliphatic heterocycles. The molecule has 0 radical (unpaired) electrons. The summed E-state index contributed by atoms with van der Waals surface area (Å²) in [4.78, 5) is 13.0. The van der Waals surface area contributed by atoms with E-state index in [1.807, 2.05) is 30.3 Å². The van der Waals surface area contributed by atoms with E-state index in [0.717, 1.165) is 30.0 Å². The van der Waals surface area contributed by atoms with Crippen molar-refractivity contribution in [2.75, 3.05) is 32.1 Å². The summed E-state index contributed by atoms with van der Waals surface area (Å²) in [5, 5.41) is 7.07. The van der Waals surface area contributed by atoms with Gasteiger partial charge in [0.25, 0.3) is 0 Å². The second-order valence-corrected chi connectivity index (χ2v) is 8.32. The molecule has 0 aliphatic carbocycles. The molecule has 0 spiro atoms. The average molecular weight is 411 g/mol. The number of hydrogen-bond donors (Lipinski definition) is 2. The highest BCUT2D eigenvalue weighted by Crippen LogP contribution is 2.29.